The number of benzene rings is 1. The highest BCUT2D eigenvalue weighted by molar-refractivity contribution is 5.76. The van der Waals surface area contributed by atoms with Crippen LogP contribution in [0.3, 0.4) is 0 Å². The van der Waals surface area contributed by atoms with Gasteiger partial charge >= 0.3 is 5.97 Å². The van der Waals surface area contributed by atoms with Crippen LogP contribution in [-0.2, 0) is 16.0 Å². The molecule has 1 unspecified atom stereocenters. The van der Waals surface area contributed by atoms with Crippen molar-refractivity contribution in [1.82, 2.24) is 0 Å². The molecule has 1 aromatic rings. The molecule has 3 rings (SSSR count). The maximum Gasteiger partial charge on any atom is 0.323 e. The lowest BCUT2D eigenvalue weighted by Crippen LogP contribution is -2.56. The van der Waals surface area contributed by atoms with Gasteiger partial charge in [-0.3, -0.25) is 4.79 Å². The second-order valence-electron chi connectivity index (χ2n) is 7.06. The molecule has 3 heteroatoms. The topological polar surface area (TPSA) is 50.1 Å². The van der Waals surface area contributed by atoms with Gasteiger partial charge in [-0.15, -0.1) is 0 Å². The van der Waals surface area contributed by atoms with E-state index in [4.69, 9.17) is 4.74 Å². The molecule has 0 aromatic heterocycles. The summed E-state index contributed by atoms with van der Waals surface area (Å²) in [6, 6.07) is 12.6. The molecule has 4 atom stereocenters. The van der Waals surface area contributed by atoms with Crippen molar-refractivity contribution in [1.29, 1.82) is 5.26 Å². The van der Waals surface area contributed by atoms with Gasteiger partial charge in [-0.2, -0.15) is 5.26 Å². The molecule has 0 aliphatic heterocycles. The van der Waals surface area contributed by atoms with Crippen molar-refractivity contribution < 1.29 is 9.53 Å². The number of esters is 1. The molecule has 2 aliphatic rings. The predicted molar refractivity (Wildman–Crippen MR) is 88.4 cm³/mol. The average Bonchev–Trinajstić information content (AvgIpc) is 2.55. The zero-order valence-electron chi connectivity index (χ0n) is 13.8. The average molecular weight is 311 g/mol. The molecule has 2 saturated carbocycles. The quantitative estimate of drug-likeness (QED) is 0.768. The SMILES string of the molecule is CCOC(=O)[C@H](C#N)C1(Cc2ccccc2)C[C@@H]2CCCC[C@@H]21. The van der Waals surface area contributed by atoms with Gasteiger partial charge in [0.1, 0.15) is 5.92 Å². The van der Waals surface area contributed by atoms with E-state index in [-0.39, 0.29) is 11.4 Å². The summed E-state index contributed by atoms with van der Waals surface area (Å²) in [5.41, 5.74) is 0.994. The highest BCUT2D eigenvalue weighted by Crippen LogP contribution is 2.62. The van der Waals surface area contributed by atoms with Crippen molar-refractivity contribution in [2.24, 2.45) is 23.2 Å². The monoisotopic (exact) mass is 311 g/mol. The van der Waals surface area contributed by atoms with E-state index in [9.17, 15) is 10.1 Å². The van der Waals surface area contributed by atoms with Crippen LogP contribution in [0.25, 0.3) is 0 Å². The van der Waals surface area contributed by atoms with E-state index < -0.39 is 5.92 Å². The Labute approximate surface area is 138 Å². The van der Waals surface area contributed by atoms with Crippen LogP contribution < -0.4 is 0 Å². The van der Waals surface area contributed by atoms with Crippen LogP contribution in [0.5, 0.6) is 0 Å². The van der Waals surface area contributed by atoms with E-state index in [0.717, 1.165) is 19.3 Å². The van der Waals surface area contributed by atoms with Gasteiger partial charge in [0.15, 0.2) is 0 Å². The number of hydrogen-bond donors (Lipinski definition) is 0. The first-order valence-electron chi connectivity index (χ1n) is 8.81. The van der Waals surface area contributed by atoms with Crippen molar-refractivity contribution in [3.05, 3.63) is 35.9 Å². The van der Waals surface area contributed by atoms with Gasteiger partial charge in [0.05, 0.1) is 12.7 Å². The molecule has 0 bridgehead atoms. The Balaban J connectivity index is 1.90. The highest BCUT2D eigenvalue weighted by atomic mass is 16.5. The smallest absolute Gasteiger partial charge is 0.323 e. The second kappa shape index (κ2) is 6.74. The molecule has 2 aliphatic carbocycles. The molecule has 0 heterocycles. The summed E-state index contributed by atoms with van der Waals surface area (Å²) in [4.78, 5) is 12.4. The lowest BCUT2D eigenvalue weighted by molar-refractivity contribution is -0.164. The third-order valence-electron chi connectivity index (χ3n) is 5.89. The first-order valence-corrected chi connectivity index (χ1v) is 8.81. The molecular weight excluding hydrogens is 286 g/mol. The molecule has 0 amide bonds. The third-order valence-corrected chi connectivity index (χ3v) is 5.89. The standard InChI is InChI=1S/C20H25NO2/c1-2-23-19(22)18(14-21)20(12-15-8-4-3-5-9-15)13-16-10-6-7-11-17(16)20/h3-5,8-9,16-18H,2,6-7,10-13H2,1H3/t16-,17-,18-,20?/m0/s1. The van der Waals surface area contributed by atoms with Crippen molar-refractivity contribution in [2.75, 3.05) is 6.61 Å². The summed E-state index contributed by atoms with van der Waals surface area (Å²) in [5.74, 6) is 0.222. The molecule has 0 saturated heterocycles. The molecule has 2 fully saturated rings. The van der Waals surface area contributed by atoms with Crippen LogP contribution in [0.4, 0.5) is 0 Å². The normalized spacial score (nSPS) is 30.4. The Hall–Kier alpha value is -1.82. The number of carbonyl (C=O) groups excluding carboxylic acids is 1. The highest BCUT2D eigenvalue weighted by Gasteiger charge is 2.60. The second-order valence-corrected chi connectivity index (χ2v) is 7.06. The molecule has 0 N–H and O–H groups in total. The number of hydrogen-bond acceptors (Lipinski definition) is 3. The number of fused-ring (bicyclic) bond motifs is 1. The van der Waals surface area contributed by atoms with Gasteiger partial charge in [-0.1, -0.05) is 49.6 Å². The van der Waals surface area contributed by atoms with E-state index in [2.05, 4.69) is 18.2 Å². The Morgan fingerprint density at radius 1 is 1.35 bits per heavy atom. The number of ether oxygens (including phenoxy) is 1. The fourth-order valence-electron chi connectivity index (χ4n) is 4.94. The minimum absolute atomic E-state index is 0.229. The van der Waals surface area contributed by atoms with Gasteiger partial charge in [-0.25, -0.2) is 0 Å². The number of carbonyl (C=O) groups is 1. The van der Waals surface area contributed by atoms with Crippen molar-refractivity contribution in [3.63, 3.8) is 0 Å². The fourth-order valence-corrected chi connectivity index (χ4v) is 4.94. The maximum atomic E-state index is 12.4. The van der Waals surface area contributed by atoms with Crippen LogP contribution in [0.2, 0.25) is 0 Å². The number of rotatable bonds is 5. The summed E-state index contributed by atoms with van der Waals surface area (Å²) in [7, 11) is 0. The van der Waals surface area contributed by atoms with E-state index in [1.54, 1.807) is 6.92 Å². The first-order chi connectivity index (χ1) is 11.2. The molecule has 1 aromatic carbocycles. The minimum Gasteiger partial charge on any atom is -0.465 e. The largest absolute Gasteiger partial charge is 0.465 e. The summed E-state index contributed by atoms with van der Waals surface area (Å²) >= 11 is 0. The van der Waals surface area contributed by atoms with E-state index in [1.165, 1.54) is 24.8 Å². The van der Waals surface area contributed by atoms with Crippen molar-refractivity contribution in [3.8, 4) is 6.07 Å². The van der Waals surface area contributed by atoms with Crippen LogP contribution in [0.15, 0.2) is 30.3 Å². The molecular formula is C20H25NO2. The Bertz CT molecular complexity index is 591. The fraction of sp³-hybridized carbons (Fsp3) is 0.600. The summed E-state index contributed by atoms with van der Waals surface area (Å²) in [6.07, 6.45) is 6.71. The van der Waals surface area contributed by atoms with Gasteiger partial charge in [0.25, 0.3) is 0 Å². The van der Waals surface area contributed by atoms with Crippen LogP contribution in [0, 0.1) is 34.5 Å². The molecule has 0 spiro atoms. The molecule has 0 radical (unpaired) electrons. The number of nitrogens with zero attached hydrogens (tertiary/aromatic N) is 1. The molecule has 3 nitrogen and oxygen atoms in total. The van der Waals surface area contributed by atoms with E-state index >= 15 is 0 Å². The predicted octanol–water partition coefficient (Wildman–Crippen LogP) is 4.13. The summed E-state index contributed by atoms with van der Waals surface area (Å²) < 4.78 is 5.23. The third kappa shape index (κ3) is 2.87. The van der Waals surface area contributed by atoms with Gasteiger partial charge in [0, 0.05) is 5.41 Å². The zero-order valence-corrected chi connectivity index (χ0v) is 13.8. The van der Waals surface area contributed by atoms with E-state index in [0.29, 0.717) is 18.4 Å². The van der Waals surface area contributed by atoms with E-state index in [1.807, 2.05) is 18.2 Å². The van der Waals surface area contributed by atoms with Crippen molar-refractivity contribution in [2.45, 2.75) is 45.4 Å². The maximum absolute atomic E-state index is 12.4. The first kappa shape index (κ1) is 16.1. The van der Waals surface area contributed by atoms with Crippen molar-refractivity contribution >= 4 is 5.97 Å². The Morgan fingerprint density at radius 3 is 2.74 bits per heavy atom. The summed E-state index contributed by atoms with van der Waals surface area (Å²) in [6.45, 7) is 2.15. The summed E-state index contributed by atoms with van der Waals surface area (Å²) in [5, 5.41) is 9.74. The van der Waals surface area contributed by atoms with Gasteiger partial charge in [-0.05, 0) is 43.6 Å². The van der Waals surface area contributed by atoms with Crippen LogP contribution >= 0.6 is 0 Å². The van der Waals surface area contributed by atoms with Crippen LogP contribution in [0.1, 0.15) is 44.6 Å². The lowest BCUT2D eigenvalue weighted by atomic mass is 9.44. The Morgan fingerprint density at radius 2 is 2.09 bits per heavy atom. The molecule has 122 valence electrons. The zero-order chi connectivity index (χ0) is 16.3. The van der Waals surface area contributed by atoms with Gasteiger partial charge in [0.2, 0.25) is 0 Å². The molecule has 23 heavy (non-hydrogen) atoms. The number of nitriles is 1. The Kier molecular flexibility index (Phi) is 4.71. The minimum atomic E-state index is -0.637. The van der Waals surface area contributed by atoms with Gasteiger partial charge < -0.3 is 4.74 Å². The van der Waals surface area contributed by atoms with Crippen LogP contribution in [-0.4, -0.2) is 12.6 Å². The lowest BCUT2D eigenvalue weighted by Gasteiger charge is -2.59.